The fourth-order valence-corrected chi connectivity index (χ4v) is 3.97. The van der Waals surface area contributed by atoms with E-state index in [0.717, 1.165) is 43.6 Å². The van der Waals surface area contributed by atoms with Crippen molar-refractivity contribution < 1.29 is 9.59 Å². The van der Waals surface area contributed by atoms with Gasteiger partial charge in [0.15, 0.2) is 0 Å². The van der Waals surface area contributed by atoms with Crippen LogP contribution in [0.15, 0.2) is 35.0 Å². The molecular formula is C21H27N3O2S. The lowest BCUT2D eigenvalue weighted by molar-refractivity contribution is -0.136. The van der Waals surface area contributed by atoms with Crippen molar-refractivity contribution in [1.29, 1.82) is 0 Å². The van der Waals surface area contributed by atoms with Gasteiger partial charge >= 0.3 is 11.8 Å². The summed E-state index contributed by atoms with van der Waals surface area (Å²) in [5.41, 5.74) is 4.26. The number of carbonyl (C=O) groups excluding carboxylic acids is 2. The normalized spacial score (nSPS) is 15.5. The van der Waals surface area contributed by atoms with E-state index in [9.17, 15) is 9.59 Å². The maximum Gasteiger partial charge on any atom is 0.313 e. The lowest BCUT2D eigenvalue weighted by atomic mass is 9.96. The standard InChI is InChI=1S/C21H27N3O2S/c1-15-3-4-19(11-16(15)2)23-21(26)20(25)22-12-17-5-8-24(9-6-17)13-18-7-10-27-14-18/h3-4,7,10-11,14,17H,5-6,8-9,12-13H2,1-2H3,(H,22,25)(H,23,26). The molecule has 0 bridgehead atoms. The fraction of sp³-hybridized carbons (Fsp3) is 0.429. The van der Waals surface area contributed by atoms with Gasteiger partial charge in [-0.25, -0.2) is 0 Å². The first-order chi connectivity index (χ1) is 13.0. The van der Waals surface area contributed by atoms with Gasteiger partial charge < -0.3 is 10.6 Å². The summed E-state index contributed by atoms with van der Waals surface area (Å²) in [4.78, 5) is 26.6. The molecule has 5 nitrogen and oxygen atoms in total. The third-order valence-electron chi connectivity index (χ3n) is 5.22. The van der Waals surface area contributed by atoms with Gasteiger partial charge in [-0.1, -0.05) is 6.07 Å². The van der Waals surface area contributed by atoms with Gasteiger partial charge in [0.1, 0.15) is 0 Å². The molecule has 1 aliphatic rings. The predicted octanol–water partition coefficient (Wildman–Crippen LogP) is 3.33. The number of likely N-dealkylation sites (tertiary alicyclic amines) is 1. The highest BCUT2D eigenvalue weighted by molar-refractivity contribution is 7.07. The van der Waals surface area contributed by atoms with E-state index in [2.05, 4.69) is 32.4 Å². The first kappa shape index (κ1) is 19.6. The number of nitrogens with zero attached hydrogens (tertiary/aromatic N) is 1. The molecular weight excluding hydrogens is 358 g/mol. The Bertz CT molecular complexity index is 781. The number of aryl methyl sites for hydroxylation is 2. The van der Waals surface area contributed by atoms with Crippen LogP contribution in [0.25, 0.3) is 0 Å². The lowest BCUT2D eigenvalue weighted by Crippen LogP contribution is -2.41. The molecule has 27 heavy (non-hydrogen) atoms. The number of amides is 2. The van der Waals surface area contributed by atoms with Crippen LogP contribution in [-0.2, 0) is 16.1 Å². The molecule has 2 N–H and O–H groups in total. The van der Waals surface area contributed by atoms with Gasteiger partial charge in [0.2, 0.25) is 0 Å². The summed E-state index contributed by atoms with van der Waals surface area (Å²) in [6.07, 6.45) is 2.09. The molecule has 1 fully saturated rings. The van der Waals surface area contributed by atoms with Gasteiger partial charge in [0, 0.05) is 18.8 Å². The van der Waals surface area contributed by atoms with Gasteiger partial charge in [-0.05, 0) is 91.3 Å². The van der Waals surface area contributed by atoms with Crippen LogP contribution in [0.2, 0.25) is 0 Å². The minimum absolute atomic E-state index is 0.432. The molecule has 0 atom stereocenters. The van der Waals surface area contributed by atoms with Gasteiger partial charge in [-0.15, -0.1) is 0 Å². The quantitative estimate of drug-likeness (QED) is 0.776. The maximum atomic E-state index is 12.1. The number of hydrogen-bond acceptors (Lipinski definition) is 4. The molecule has 1 aliphatic heterocycles. The second-order valence-electron chi connectivity index (χ2n) is 7.31. The molecule has 2 aromatic rings. The molecule has 2 amide bonds. The van der Waals surface area contributed by atoms with E-state index in [1.165, 1.54) is 5.56 Å². The summed E-state index contributed by atoms with van der Waals surface area (Å²) < 4.78 is 0. The molecule has 0 radical (unpaired) electrons. The Hall–Kier alpha value is -2.18. The van der Waals surface area contributed by atoms with E-state index >= 15 is 0 Å². The third kappa shape index (κ3) is 5.65. The van der Waals surface area contributed by atoms with Crippen molar-refractivity contribution in [2.45, 2.75) is 33.2 Å². The smallest absolute Gasteiger partial charge is 0.313 e. The molecule has 1 aromatic heterocycles. The average molecular weight is 386 g/mol. The molecule has 144 valence electrons. The Labute approximate surface area is 164 Å². The van der Waals surface area contributed by atoms with Crippen LogP contribution in [0.4, 0.5) is 5.69 Å². The SMILES string of the molecule is Cc1ccc(NC(=O)C(=O)NCC2CCN(Cc3ccsc3)CC2)cc1C. The van der Waals surface area contributed by atoms with Crippen LogP contribution in [-0.4, -0.2) is 36.3 Å². The van der Waals surface area contributed by atoms with E-state index in [1.54, 1.807) is 11.3 Å². The van der Waals surface area contributed by atoms with Crippen molar-refractivity contribution in [3.63, 3.8) is 0 Å². The minimum Gasteiger partial charge on any atom is -0.348 e. The van der Waals surface area contributed by atoms with Gasteiger partial charge in [-0.3, -0.25) is 14.5 Å². The number of nitrogens with one attached hydrogen (secondary N) is 2. The highest BCUT2D eigenvalue weighted by Crippen LogP contribution is 2.19. The molecule has 6 heteroatoms. The number of piperidine rings is 1. The van der Waals surface area contributed by atoms with Crippen molar-refractivity contribution in [3.8, 4) is 0 Å². The lowest BCUT2D eigenvalue weighted by Gasteiger charge is -2.31. The van der Waals surface area contributed by atoms with Crippen molar-refractivity contribution in [3.05, 3.63) is 51.7 Å². The summed E-state index contributed by atoms with van der Waals surface area (Å²) in [5, 5.41) is 9.77. The van der Waals surface area contributed by atoms with E-state index in [4.69, 9.17) is 0 Å². The molecule has 0 unspecified atom stereocenters. The minimum atomic E-state index is -0.604. The highest BCUT2D eigenvalue weighted by Gasteiger charge is 2.21. The maximum absolute atomic E-state index is 12.1. The van der Waals surface area contributed by atoms with Crippen LogP contribution in [0.5, 0.6) is 0 Å². The zero-order valence-electron chi connectivity index (χ0n) is 16.0. The zero-order valence-corrected chi connectivity index (χ0v) is 16.8. The number of rotatable bonds is 5. The highest BCUT2D eigenvalue weighted by atomic mass is 32.1. The summed E-state index contributed by atoms with van der Waals surface area (Å²) in [7, 11) is 0. The number of benzene rings is 1. The Morgan fingerprint density at radius 2 is 1.89 bits per heavy atom. The van der Waals surface area contributed by atoms with Crippen molar-refractivity contribution in [1.82, 2.24) is 10.2 Å². The Kier molecular flexibility index (Phi) is 6.63. The summed E-state index contributed by atoms with van der Waals surface area (Å²) in [6.45, 7) is 7.62. The predicted molar refractivity (Wildman–Crippen MR) is 110 cm³/mol. The van der Waals surface area contributed by atoms with Crippen LogP contribution in [0.3, 0.4) is 0 Å². The molecule has 0 saturated carbocycles. The molecule has 2 heterocycles. The summed E-state index contributed by atoms with van der Waals surface area (Å²) in [6, 6.07) is 7.80. The second-order valence-corrected chi connectivity index (χ2v) is 8.09. The molecule has 0 aliphatic carbocycles. The zero-order chi connectivity index (χ0) is 19.2. The van der Waals surface area contributed by atoms with Gasteiger partial charge in [0.25, 0.3) is 0 Å². The van der Waals surface area contributed by atoms with Crippen LogP contribution in [0.1, 0.15) is 29.5 Å². The Balaban J connectivity index is 1.38. The first-order valence-corrected chi connectivity index (χ1v) is 10.4. The van der Waals surface area contributed by atoms with Crippen LogP contribution >= 0.6 is 11.3 Å². The summed E-state index contributed by atoms with van der Waals surface area (Å²) in [5.74, 6) is -0.732. The Morgan fingerprint density at radius 3 is 2.56 bits per heavy atom. The molecule has 1 aromatic carbocycles. The number of anilines is 1. The fourth-order valence-electron chi connectivity index (χ4n) is 3.31. The van der Waals surface area contributed by atoms with E-state index in [0.29, 0.717) is 18.2 Å². The third-order valence-corrected chi connectivity index (χ3v) is 5.95. The van der Waals surface area contributed by atoms with Crippen LogP contribution in [0, 0.1) is 19.8 Å². The van der Waals surface area contributed by atoms with E-state index in [1.807, 2.05) is 32.0 Å². The van der Waals surface area contributed by atoms with Gasteiger partial charge in [-0.2, -0.15) is 11.3 Å². The van der Waals surface area contributed by atoms with E-state index < -0.39 is 11.8 Å². The summed E-state index contributed by atoms with van der Waals surface area (Å²) >= 11 is 1.73. The van der Waals surface area contributed by atoms with E-state index in [-0.39, 0.29) is 0 Å². The monoisotopic (exact) mass is 385 g/mol. The van der Waals surface area contributed by atoms with Crippen molar-refractivity contribution >= 4 is 28.8 Å². The Morgan fingerprint density at radius 1 is 1.11 bits per heavy atom. The molecule has 3 rings (SSSR count). The topological polar surface area (TPSA) is 61.4 Å². The first-order valence-electron chi connectivity index (χ1n) is 9.41. The van der Waals surface area contributed by atoms with Crippen molar-refractivity contribution in [2.24, 2.45) is 5.92 Å². The number of carbonyl (C=O) groups is 2. The number of thiophene rings is 1. The number of hydrogen-bond donors (Lipinski definition) is 2. The second kappa shape index (κ2) is 9.15. The molecule has 0 spiro atoms. The largest absolute Gasteiger partial charge is 0.348 e. The van der Waals surface area contributed by atoms with Crippen LogP contribution < -0.4 is 10.6 Å². The van der Waals surface area contributed by atoms with Crippen molar-refractivity contribution in [2.75, 3.05) is 25.0 Å². The molecule has 1 saturated heterocycles. The van der Waals surface area contributed by atoms with Gasteiger partial charge in [0.05, 0.1) is 0 Å². The average Bonchev–Trinajstić information content (AvgIpc) is 3.17.